The van der Waals surface area contributed by atoms with Crippen molar-refractivity contribution in [1.29, 1.82) is 0 Å². The summed E-state index contributed by atoms with van der Waals surface area (Å²) in [6.45, 7) is 1.66. The number of quaternary nitrogens is 1. The Labute approximate surface area is 140 Å². The number of aromatic nitrogens is 1. The van der Waals surface area contributed by atoms with Crippen LogP contribution in [0, 0.1) is 0 Å². The van der Waals surface area contributed by atoms with E-state index in [1.54, 1.807) is 0 Å². The van der Waals surface area contributed by atoms with Crippen LogP contribution in [0.25, 0.3) is 10.9 Å². The zero-order chi connectivity index (χ0) is 16.4. The maximum atomic E-state index is 12.0. The number of carboxylic acids is 1. The molecule has 4 nitrogen and oxygen atoms in total. The van der Waals surface area contributed by atoms with Crippen LogP contribution in [0.15, 0.2) is 18.2 Å². The lowest BCUT2D eigenvalue weighted by Gasteiger charge is -2.54. The molecule has 4 rings (SSSR count). The molecule has 1 saturated carbocycles. The molecule has 2 aliphatic rings. The SMILES string of the molecule is Cn1c2c(c3cc(Cl)ccc31)CC[N+](C)(C1(C(=O)O)CCC1)C2. The molecule has 122 valence electrons. The number of rotatable bonds is 2. The zero-order valence-electron chi connectivity index (χ0n) is 13.6. The predicted octanol–water partition coefficient (Wildman–Crippen LogP) is 3.34. The molecule has 1 aliphatic carbocycles. The van der Waals surface area contributed by atoms with Gasteiger partial charge >= 0.3 is 5.97 Å². The monoisotopic (exact) mass is 333 g/mol. The van der Waals surface area contributed by atoms with Gasteiger partial charge in [-0.2, -0.15) is 0 Å². The average molecular weight is 334 g/mol. The van der Waals surface area contributed by atoms with Gasteiger partial charge in [0.2, 0.25) is 0 Å². The summed E-state index contributed by atoms with van der Waals surface area (Å²) in [6.07, 6.45) is 3.53. The third-order valence-corrected chi connectivity index (χ3v) is 6.60. The van der Waals surface area contributed by atoms with Crippen LogP contribution in [-0.2, 0) is 24.8 Å². The highest BCUT2D eigenvalue weighted by molar-refractivity contribution is 6.31. The Bertz CT molecular complexity index is 822. The molecule has 0 spiro atoms. The van der Waals surface area contributed by atoms with Crippen LogP contribution in [-0.4, -0.2) is 39.3 Å². The van der Waals surface area contributed by atoms with Gasteiger partial charge in [-0.15, -0.1) is 0 Å². The van der Waals surface area contributed by atoms with Crippen molar-refractivity contribution in [1.82, 2.24) is 4.57 Å². The number of hydrogen-bond acceptors (Lipinski definition) is 1. The molecule has 2 aromatic rings. The van der Waals surface area contributed by atoms with Crippen LogP contribution in [0.1, 0.15) is 30.5 Å². The Hall–Kier alpha value is -1.52. The van der Waals surface area contributed by atoms with E-state index in [0.29, 0.717) is 4.48 Å². The van der Waals surface area contributed by atoms with Crippen molar-refractivity contribution in [3.8, 4) is 0 Å². The molecule has 1 N–H and O–H groups in total. The number of benzene rings is 1. The third-order valence-electron chi connectivity index (χ3n) is 6.36. The van der Waals surface area contributed by atoms with Gasteiger partial charge in [-0.05, 0) is 30.2 Å². The topological polar surface area (TPSA) is 42.2 Å². The number of carbonyl (C=O) groups is 1. The van der Waals surface area contributed by atoms with Crippen LogP contribution in [0.4, 0.5) is 0 Å². The van der Waals surface area contributed by atoms with Crippen molar-refractivity contribution >= 4 is 28.5 Å². The Morgan fingerprint density at radius 1 is 1.39 bits per heavy atom. The van der Waals surface area contributed by atoms with E-state index in [9.17, 15) is 9.90 Å². The van der Waals surface area contributed by atoms with Crippen LogP contribution >= 0.6 is 11.6 Å². The molecule has 1 aliphatic heterocycles. The summed E-state index contributed by atoms with van der Waals surface area (Å²) in [6, 6.07) is 6.03. The molecular weight excluding hydrogens is 312 g/mol. The fourth-order valence-corrected chi connectivity index (χ4v) is 4.83. The molecule has 1 aromatic heterocycles. The van der Waals surface area contributed by atoms with Gasteiger partial charge in [0.05, 0.1) is 19.3 Å². The fraction of sp³-hybridized carbons (Fsp3) is 0.500. The second-order valence-corrected chi connectivity index (χ2v) is 7.80. The quantitative estimate of drug-likeness (QED) is 0.856. The number of aryl methyl sites for hydroxylation is 1. The van der Waals surface area contributed by atoms with Gasteiger partial charge in [0, 0.05) is 42.2 Å². The number of aliphatic carboxylic acids is 1. The maximum Gasteiger partial charge on any atom is 0.365 e. The van der Waals surface area contributed by atoms with Gasteiger partial charge in [0.25, 0.3) is 0 Å². The molecule has 0 bridgehead atoms. The van der Waals surface area contributed by atoms with Gasteiger partial charge in [0.1, 0.15) is 6.54 Å². The standard InChI is InChI=1S/C18H21ClN2O2/c1-20-15-5-4-12(19)10-14(15)13-6-9-21(2,11-16(13)20)18(17(22)23)7-3-8-18/h4-5,10H,3,6-9,11H2,1-2H3/p+1. The molecule has 1 aromatic carbocycles. The molecule has 1 unspecified atom stereocenters. The van der Waals surface area contributed by atoms with Crippen LogP contribution in [0.3, 0.4) is 0 Å². The Morgan fingerprint density at radius 2 is 2.13 bits per heavy atom. The van der Waals surface area contributed by atoms with Crippen LogP contribution < -0.4 is 0 Å². The highest BCUT2D eigenvalue weighted by Crippen LogP contribution is 2.46. The Balaban J connectivity index is 1.84. The summed E-state index contributed by atoms with van der Waals surface area (Å²) in [4.78, 5) is 12.0. The van der Waals surface area contributed by atoms with E-state index in [1.807, 2.05) is 12.1 Å². The Morgan fingerprint density at radius 3 is 2.74 bits per heavy atom. The second kappa shape index (κ2) is 4.74. The van der Waals surface area contributed by atoms with Crippen LogP contribution in [0.2, 0.25) is 5.02 Å². The van der Waals surface area contributed by atoms with Gasteiger partial charge < -0.3 is 14.2 Å². The summed E-state index contributed by atoms with van der Waals surface area (Å²) in [5.74, 6) is -0.628. The number of carboxylic acid groups (broad SMARTS) is 1. The van der Waals surface area contributed by atoms with E-state index >= 15 is 0 Å². The van der Waals surface area contributed by atoms with Crippen molar-refractivity contribution in [2.24, 2.45) is 7.05 Å². The first-order valence-electron chi connectivity index (χ1n) is 8.22. The van der Waals surface area contributed by atoms with Crippen molar-refractivity contribution in [3.05, 3.63) is 34.5 Å². The number of fused-ring (bicyclic) bond motifs is 3. The minimum Gasteiger partial charge on any atom is -0.477 e. The minimum absolute atomic E-state index is 0.591. The molecule has 0 amide bonds. The molecular formula is C18H22ClN2O2+. The van der Waals surface area contributed by atoms with Crippen molar-refractivity contribution < 1.29 is 14.4 Å². The van der Waals surface area contributed by atoms with Crippen molar-refractivity contribution in [2.45, 2.75) is 37.8 Å². The van der Waals surface area contributed by atoms with Gasteiger partial charge in [-0.1, -0.05) is 11.6 Å². The maximum absolute atomic E-state index is 12.0. The molecule has 0 saturated heterocycles. The highest BCUT2D eigenvalue weighted by atomic mass is 35.5. The molecule has 1 atom stereocenters. The number of halogens is 1. The van der Waals surface area contributed by atoms with E-state index in [0.717, 1.165) is 43.8 Å². The predicted molar refractivity (Wildman–Crippen MR) is 90.6 cm³/mol. The first-order valence-corrected chi connectivity index (χ1v) is 8.59. The summed E-state index contributed by atoms with van der Waals surface area (Å²) < 4.78 is 2.85. The molecule has 1 fully saturated rings. The normalized spacial score (nSPS) is 25.9. The summed E-state index contributed by atoms with van der Waals surface area (Å²) >= 11 is 6.18. The number of nitrogens with zero attached hydrogens (tertiary/aromatic N) is 2. The largest absolute Gasteiger partial charge is 0.477 e. The molecule has 5 heteroatoms. The smallest absolute Gasteiger partial charge is 0.365 e. The molecule has 2 heterocycles. The second-order valence-electron chi connectivity index (χ2n) is 7.36. The van der Waals surface area contributed by atoms with E-state index in [-0.39, 0.29) is 0 Å². The summed E-state index contributed by atoms with van der Waals surface area (Å²) in [7, 11) is 4.21. The summed E-state index contributed by atoms with van der Waals surface area (Å²) in [5.41, 5.74) is 3.21. The van der Waals surface area contributed by atoms with E-state index in [2.05, 4.69) is 24.7 Å². The zero-order valence-corrected chi connectivity index (χ0v) is 14.4. The fourth-order valence-electron chi connectivity index (χ4n) is 4.66. The summed E-state index contributed by atoms with van der Waals surface area (Å²) in [5, 5.41) is 11.8. The highest BCUT2D eigenvalue weighted by Gasteiger charge is 2.60. The Kier molecular flexibility index (Phi) is 3.10. The minimum atomic E-state index is -0.628. The molecule has 0 radical (unpaired) electrons. The van der Waals surface area contributed by atoms with Gasteiger partial charge in [-0.3, -0.25) is 0 Å². The average Bonchev–Trinajstić information content (AvgIpc) is 2.69. The lowest BCUT2D eigenvalue weighted by Crippen LogP contribution is -2.70. The molecule has 23 heavy (non-hydrogen) atoms. The van der Waals surface area contributed by atoms with E-state index in [4.69, 9.17) is 11.6 Å². The van der Waals surface area contributed by atoms with Crippen molar-refractivity contribution in [3.63, 3.8) is 0 Å². The van der Waals surface area contributed by atoms with Gasteiger partial charge in [0.15, 0.2) is 5.54 Å². The number of hydrogen-bond donors (Lipinski definition) is 1. The van der Waals surface area contributed by atoms with Gasteiger partial charge in [-0.25, -0.2) is 4.79 Å². The lowest BCUT2D eigenvalue weighted by atomic mass is 9.72. The van der Waals surface area contributed by atoms with Crippen LogP contribution in [0.5, 0.6) is 0 Å². The van der Waals surface area contributed by atoms with Crippen molar-refractivity contribution in [2.75, 3.05) is 13.6 Å². The first kappa shape index (κ1) is 15.0. The van der Waals surface area contributed by atoms with E-state index < -0.39 is 11.5 Å². The first-order chi connectivity index (χ1) is 10.9. The number of likely N-dealkylation sites (N-methyl/N-ethyl adjacent to an activating group) is 1. The third kappa shape index (κ3) is 1.85. The van der Waals surface area contributed by atoms with E-state index in [1.165, 1.54) is 22.2 Å². The lowest BCUT2D eigenvalue weighted by molar-refractivity contribution is -0.970.